The molecule has 0 radical (unpaired) electrons. The van der Waals surface area contributed by atoms with Crippen molar-refractivity contribution < 1.29 is 14.8 Å². The summed E-state index contributed by atoms with van der Waals surface area (Å²) in [6, 6.07) is 3.29. The van der Waals surface area contributed by atoms with Crippen molar-refractivity contribution in [2.24, 2.45) is 0 Å². The summed E-state index contributed by atoms with van der Waals surface area (Å²) in [5.74, 6) is 0.570. The van der Waals surface area contributed by atoms with E-state index in [-0.39, 0.29) is 5.46 Å². The number of ether oxygens (including phenoxy) is 1. The van der Waals surface area contributed by atoms with Gasteiger partial charge in [0.15, 0.2) is 0 Å². The van der Waals surface area contributed by atoms with E-state index in [9.17, 15) is 0 Å². The Labute approximate surface area is 109 Å². The van der Waals surface area contributed by atoms with Gasteiger partial charge in [-0.05, 0) is 34.5 Å². The van der Waals surface area contributed by atoms with Crippen molar-refractivity contribution in [3.63, 3.8) is 0 Å². The van der Waals surface area contributed by atoms with Gasteiger partial charge in [-0.1, -0.05) is 24.9 Å². The minimum Gasteiger partial charge on any atom is -0.492 e. The Morgan fingerprint density at radius 2 is 2.12 bits per heavy atom. The van der Waals surface area contributed by atoms with Crippen LogP contribution >= 0.6 is 27.5 Å². The maximum atomic E-state index is 9.17. The van der Waals surface area contributed by atoms with Crippen LogP contribution in [0.15, 0.2) is 16.6 Å². The molecular formula is C10H13BBrClO3. The van der Waals surface area contributed by atoms with Crippen LogP contribution in [0.2, 0.25) is 5.02 Å². The van der Waals surface area contributed by atoms with E-state index in [1.807, 2.05) is 0 Å². The fraction of sp³-hybridized carbons (Fsp3) is 0.400. The van der Waals surface area contributed by atoms with Crippen LogP contribution in [0.25, 0.3) is 0 Å². The van der Waals surface area contributed by atoms with E-state index in [4.69, 9.17) is 26.4 Å². The summed E-state index contributed by atoms with van der Waals surface area (Å²) in [6.07, 6.45) is 1.99. The molecule has 0 saturated heterocycles. The second-order valence-electron chi connectivity index (χ2n) is 3.35. The molecule has 1 rings (SSSR count). The molecule has 16 heavy (non-hydrogen) atoms. The summed E-state index contributed by atoms with van der Waals surface area (Å²) in [5, 5.41) is 18.6. The van der Waals surface area contributed by atoms with Crippen LogP contribution in [0.3, 0.4) is 0 Å². The van der Waals surface area contributed by atoms with E-state index >= 15 is 0 Å². The molecular weight excluding hydrogens is 294 g/mol. The molecule has 1 aromatic carbocycles. The van der Waals surface area contributed by atoms with Crippen LogP contribution in [0.5, 0.6) is 5.75 Å². The highest BCUT2D eigenvalue weighted by Crippen LogP contribution is 2.26. The Morgan fingerprint density at radius 1 is 1.44 bits per heavy atom. The quantitative estimate of drug-likeness (QED) is 0.646. The van der Waals surface area contributed by atoms with Crippen LogP contribution in [0.4, 0.5) is 0 Å². The number of hydrogen-bond donors (Lipinski definition) is 2. The summed E-state index contributed by atoms with van der Waals surface area (Å²) in [5.41, 5.74) is 0.232. The third kappa shape index (κ3) is 3.38. The third-order valence-electron chi connectivity index (χ3n) is 2.10. The van der Waals surface area contributed by atoms with E-state index in [2.05, 4.69) is 22.9 Å². The largest absolute Gasteiger partial charge is 0.492 e. The summed E-state index contributed by atoms with van der Waals surface area (Å²) in [4.78, 5) is 0. The van der Waals surface area contributed by atoms with Crippen molar-refractivity contribution in [2.45, 2.75) is 19.8 Å². The van der Waals surface area contributed by atoms with Gasteiger partial charge in [-0.25, -0.2) is 0 Å². The fourth-order valence-electron chi connectivity index (χ4n) is 1.22. The van der Waals surface area contributed by atoms with Crippen LogP contribution in [0, 0.1) is 0 Å². The number of benzene rings is 1. The zero-order valence-corrected chi connectivity index (χ0v) is 11.3. The predicted octanol–water partition coefficient (Wildman–Crippen LogP) is 1.96. The first-order chi connectivity index (χ1) is 7.57. The molecule has 0 aliphatic carbocycles. The van der Waals surface area contributed by atoms with Gasteiger partial charge in [0.05, 0.1) is 11.1 Å². The van der Waals surface area contributed by atoms with Gasteiger partial charge in [0.1, 0.15) is 5.75 Å². The summed E-state index contributed by atoms with van der Waals surface area (Å²) in [7, 11) is -1.61. The maximum absolute atomic E-state index is 9.17. The van der Waals surface area contributed by atoms with Crippen LogP contribution in [-0.2, 0) is 0 Å². The van der Waals surface area contributed by atoms with Crippen LogP contribution in [0.1, 0.15) is 19.8 Å². The number of hydrogen-bond acceptors (Lipinski definition) is 3. The monoisotopic (exact) mass is 306 g/mol. The molecule has 0 atom stereocenters. The molecule has 6 heteroatoms. The Morgan fingerprint density at radius 3 is 2.69 bits per heavy atom. The topological polar surface area (TPSA) is 49.7 Å². The lowest BCUT2D eigenvalue weighted by atomic mass is 9.80. The average molecular weight is 307 g/mol. The first kappa shape index (κ1) is 13.8. The van der Waals surface area contributed by atoms with E-state index in [0.717, 1.165) is 12.8 Å². The van der Waals surface area contributed by atoms with Crippen molar-refractivity contribution in [3.05, 3.63) is 21.6 Å². The minimum atomic E-state index is -1.61. The van der Waals surface area contributed by atoms with E-state index in [1.54, 1.807) is 12.1 Å². The summed E-state index contributed by atoms with van der Waals surface area (Å²) < 4.78 is 5.99. The molecule has 1 aromatic rings. The van der Waals surface area contributed by atoms with Crippen molar-refractivity contribution >= 4 is 40.1 Å². The zero-order chi connectivity index (χ0) is 12.1. The van der Waals surface area contributed by atoms with Gasteiger partial charge in [0, 0.05) is 10.5 Å². The third-order valence-corrected chi connectivity index (χ3v) is 3.25. The number of unbranched alkanes of at least 4 members (excludes halogenated alkanes) is 1. The Kier molecular flexibility index (Phi) is 5.62. The molecule has 88 valence electrons. The first-order valence-electron chi connectivity index (χ1n) is 5.04. The fourth-order valence-corrected chi connectivity index (χ4v) is 2.26. The van der Waals surface area contributed by atoms with E-state index < -0.39 is 7.12 Å². The standard InChI is InChI=1S/C10H13BBrClO3/c1-2-3-6-16-8-5-4-7(13)9(10(8)12)11(14)15/h4-5,14-15H,2-3,6H2,1H3. The zero-order valence-electron chi connectivity index (χ0n) is 8.91. The van der Waals surface area contributed by atoms with Crippen molar-refractivity contribution in [3.8, 4) is 5.75 Å². The lowest BCUT2D eigenvalue weighted by molar-refractivity contribution is 0.307. The molecule has 2 N–H and O–H groups in total. The van der Waals surface area contributed by atoms with Crippen LogP contribution in [-0.4, -0.2) is 23.8 Å². The molecule has 0 bridgehead atoms. The molecule has 0 aliphatic heterocycles. The van der Waals surface area contributed by atoms with Gasteiger partial charge in [0.25, 0.3) is 0 Å². The molecule has 0 unspecified atom stereocenters. The van der Waals surface area contributed by atoms with Crippen molar-refractivity contribution in [1.29, 1.82) is 0 Å². The Hall–Kier alpha value is -0.225. The highest BCUT2D eigenvalue weighted by Gasteiger charge is 2.21. The van der Waals surface area contributed by atoms with Gasteiger partial charge < -0.3 is 14.8 Å². The predicted molar refractivity (Wildman–Crippen MR) is 69.4 cm³/mol. The Balaban J connectivity index is 2.90. The second-order valence-corrected chi connectivity index (χ2v) is 4.55. The SMILES string of the molecule is CCCCOc1ccc(Cl)c(B(O)O)c1Br. The number of halogens is 2. The van der Waals surface area contributed by atoms with E-state index in [0.29, 0.717) is 21.9 Å². The molecule has 0 heterocycles. The van der Waals surface area contributed by atoms with Gasteiger partial charge >= 0.3 is 7.12 Å². The molecule has 0 amide bonds. The van der Waals surface area contributed by atoms with Gasteiger partial charge in [-0.2, -0.15) is 0 Å². The average Bonchev–Trinajstić information content (AvgIpc) is 2.21. The lowest BCUT2D eigenvalue weighted by Crippen LogP contribution is -2.32. The van der Waals surface area contributed by atoms with Crippen molar-refractivity contribution in [2.75, 3.05) is 6.61 Å². The molecule has 0 saturated carbocycles. The maximum Gasteiger partial charge on any atom is 0.491 e. The lowest BCUT2D eigenvalue weighted by Gasteiger charge is -2.12. The highest BCUT2D eigenvalue weighted by atomic mass is 79.9. The minimum absolute atomic E-state index is 0.232. The highest BCUT2D eigenvalue weighted by molar-refractivity contribution is 9.10. The summed E-state index contributed by atoms with van der Waals surface area (Å²) in [6.45, 7) is 2.67. The molecule has 0 fully saturated rings. The first-order valence-corrected chi connectivity index (χ1v) is 6.21. The van der Waals surface area contributed by atoms with E-state index in [1.165, 1.54) is 0 Å². The summed E-state index contributed by atoms with van der Waals surface area (Å²) >= 11 is 9.11. The van der Waals surface area contributed by atoms with Crippen molar-refractivity contribution in [1.82, 2.24) is 0 Å². The Bertz CT molecular complexity index is 360. The normalized spacial score (nSPS) is 10.3. The van der Waals surface area contributed by atoms with Gasteiger partial charge in [0.2, 0.25) is 0 Å². The molecule has 0 aliphatic rings. The molecule has 3 nitrogen and oxygen atoms in total. The van der Waals surface area contributed by atoms with Gasteiger partial charge in [-0.15, -0.1) is 0 Å². The second kappa shape index (κ2) is 6.50. The van der Waals surface area contributed by atoms with Gasteiger partial charge in [-0.3, -0.25) is 0 Å². The number of rotatable bonds is 5. The molecule has 0 spiro atoms. The molecule has 0 aromatic heterocycles. The smallest absolute Gasteiger partial charge is 0.491 e. The van der Waals surface area contributed by atoms with Crippen LogP contribution < -0.4 is 10.2 Å².